The fraction of sp³-hybridized carbons (Fsp3) is 0.118. The number of para-hydroxylation sites is 1. The zero-order valence-electron chi connectivity index (χ0n) is 13.5. The zero-order chi connectivity index (χ0) is 17.2. The number of carbonyl (C=O) groups is 1. The van der Waals surface area contributed by atoms with E-state index in [1.165, 1.54) is 0 Å². The topological polar surface area (TPSA) is 90.0 Å². The number of hydrogen-bond donors (Lipinski definition) is 1. The molecule has 25 heavy (non-hydrogen) atoms. The van der Waals surface area contributed by atoms with Crippen LogP contribution in [-0.2, 0) is 6.54 Å². The molecule has 124 valence electrons. The first-order valence-electron chi connectivity index (χ1n) is 7.77. The van der Waals surface area contributed by atoms with Crippen LogP contribution in [-0.4, -0.2) is 35.5 Å². The van der Waals surface area contributed by atoms with Crippen molar-refractivity contribution in [1.82, 2.24) is 34.9 Å². The molecule has 0 saturated carbocycles. The number of tetrazole rings is 1. The van der Waals surface area contributed by atoms with Gasteiger partial charge in [-0.15, -0.1) is 5.10 Å². The number of pyridine rings is 1. The number of aromatic nitrogens is 6. The molecule has 1 amide bonds. The van der Waals surface area contributed by atoms with Crippen molar-refractivity contribution in [3.8, 4) is 5.69 Å². The van der Waals surface area contributed by atoms with Crippen LogP contribution in [0, 0.1) is 6.92 Å². The third-order valence-electron chi connectivity index (χ3n) is 3.77. The van der Waals surface area contributed by atoms with Crippen molar-refractivity contribution in [2.75, 3.05) is 0 Å². The molecule has 8 heteroatoms. The van der Waals surface area contributed by atoms with Crippen molar-refractivity contribution in [1.29, 1.82) is 0 Å². The zero-order valence-corrected chi connectivity index (χ0v) is 13.5. The van der Waals surface area contributed by atoms with Crippen molar-refractivity contribution < 1.29 is 4.79 Å². The van der Waals surface area contributed by atoms with Crippen LogP contribution >= 0.6 is 0 Å². The Morgan fingerprint density at radius 2 is 1.96 bits per heavy atom. The second-order valence-corrected chi connectivity index (χ2v) is 5.62. The van der Waals surface area contributed by atoms with Crippen molar-refractivity contribution in [2.45, 2.75) is 13.5 Å². The highest BCUT2D eigenvalue weighted by Gasteiger charge is 2.13. The summed E-state index contributed by atoms with van der Waals surface area (Å²) in [5.74, 6) is 0.267. The van der Waals surface area contributed by atoms with E-state index in [2.05, 4.69) is 25.8 Å². The third kappa shape index (κ3) is 2.97. The number of nitrogens with one attached hydrogen (secondary N) is 1. The Bertz CT molecular complexity index is 1040. The minimum Gasteiger partial charge on any atom is -0.343 e. The van der Waals surface area contributed by atoms with Crippen molar-refractivity contribution in [3.63, 3.8) is 0 Å². The number of fused-ring (bicyclic) bond motifs is 1. The van der Waals surface area contributed by atoms with E-state index in [-0.39, 0.29) is 12.5 Å². The highest BCUT2D eigenvalue weighted by Crippen LogP contribution is 2.09. The molecule has 0 spiro atoms. The van der Waals surface area contributed by atoms with Crippen molar-refractivity contribution in [2.24, 2.45) is 0 Å². The fourth-order valence-corrected chi connectivity index (χ4v) is 2.55. The molecule has 4 aromatic rings. The Hall–Kier alpha value is -3.55. The van der Waals surface area contributed by atoms with Gasteiger partial charge in [0.05, 0.1) is 12.2 Å². The molecule has 3 heterocycles. The molecule has 0 aliphatic carbocycles. The van der Waals surface area contributed by atoms with Gasteiger partial charge in [-0.25, -0.2) is 4.98 Å². The minimum atomic E-state index is -0.274. The summed E-state index contributed by atoms with van der Waals surface area (Å²) in [5.41, 5.74) is 3.01. The van der Waals surface area contributed by atoms with Gasteiger partial charge in [-0.2, -0.15) is 4.68 Å². The lowest BCUT2D eigenvalue weighted by molar-refractivity contribution is 0.0945. The summed E-state index contributed by atoms with van der Waals surface area (Å²) in [5, 5.41) is 14.4. The van der Waals surface area contributed by atoms with Gasteiger partial charge in [0.25, 0.3) is 5.91 Å². The summed E-state index contributed by atoms with van der Waals surface area (Å²) in [6.45, 7) is 2.19. The summed E-state index contributed by atoms with van der Waals surface area (Å²) < 4.78 is 3.42. The average Bonchev–Trinajstić information content (AvgIpc) is 3.26. The van der Waals surface area contributed by atoms with Crippen LogP contribution in [0.15, 0.2) is 54.9 Å². The molecule has 0 aliphatic heterocycles. The molecule has 0 radical (unpaired) electrons. The Kier molecular flexibility index (Phi) is 3.70. The first-order valence-corrected chi connectivity index (χ1v) is 7.77. The summed E-state index contributed by atoms with van der Waals surface area (Å²) in [7, 11) is 0. The van der Waals surface area contributed by atoms with E-state index in [1.54, 1.807) is 10.9 Å². The average molecular weight is 333 g/mol. The lowest BCUT2D eigenvalue weighted by Crippen LogP contribution is -2.25. The molecular weight excluding hydrogens is 318 g/mol. The predicted molar refractivity (Wildman–Crippen MR) is 90.3 cm³/mol. The van der Waals surface area contributed by atoms with Crippen LogP contribution < -0.4 is 5.32 Å². The summed E-state index contributed by atoms with van der Waals surface area (Å²) in [4.78, 5) is 16.7. The molecule has 4 rings (SSSR count). The second kappa shape index (κ2) is 6.16. The highest BCUT2D eigenvalue weighted by atomic mass is 16.1. The molecule has 8 nitrogen and oxygen atoms in total. The Morgan fingerprint density at radius 3 is 2.80 bits per heavy atom. The highest BCUT2D eigenvalue weighted by molar-refractivity contribution is 5.92. The molecule has 1 aromatic carbocycles. The smallest absolute Gasteiger partial charge is 0.271 e. The minimum absolute atomic E-state index is 0.202. The number of aryl methyl sites for hydroxylation is 1. The van der Waals surface area contributed by atoms with E-state index in [1.807, 2.05) is 60.0 Å². The van der Waals surface area contributed by atoms with Crippen LogP contribution in [0.5, 0.6) is 0 Å². The molecule has 0 bridgehead atoms. The largest absolute Gasteiger partial charge is 0.343 e. The number of imidazole rings is 1. The summed E-state index contributed by atoms with van der Waals surface area (Å²) in [6.07, 6.45) is 3.63. The summed E-state index contributed by atoms with van der Waals surface area (Å²) >= 11 is 0. The maximum atomic E-state index is 12.4. The molecule has 0 unspecified atom stereocenters. The molecule has 0 atom stereocenters. The van der Waals surface area contributed by atoms with Gasteiger partial charge < -0.3 is 9.72 Å². The van der Waals surface area contributed by atoms with Gasteiger partial charge in [0.15, 0.2) is 5.82 Å². The Labute approximate surface area is 143 Å². The normalized spacial score (nSPS) is 10.9. The van der Waals surface area contributed by atoms with E-state index < -0.39 is 0 Å². The lowest BCUT2D eigenvalue weighted by atomic mass is 10.3. The molecule has 3 aromatic heterocycles. The van der Waals surface area contributed by atoms with E-state index in [0.29, 0.717) is 11.5 Å². The van der Waals surface area contributed by atoms with E-state index >= 15 is 0 Å². The Morgan fingerprint density at radius 1 is 1.12 bits per heavy atom. The van der Waals surface area contributed by atoms with E-state index in [4.69, 9.17) is 0 Å². The molecule has 1 N–H and O–H groups in total. The number of hydrogen-bond acceptors (Lipinski definition) is 5. The molecule has 0 aliphatic rings. The molecule has 0 fully saturated rings. The van der Waals surface area contributed by atoms with Gasteiger partial charge in [0.2, 0.25) is 0 Å². The second-order valence-electron chi connectivity index (χ2n) is 5.62. The third-order valence-corrected chi connectivity index (χ3v) is 3.77. The van der Waals surface area contributed by atoms with Gasteiger partial charge in [0.1, 0.15) is 11.3 Å². The van der Waals surface area contributed by atoms with Crippen LogP contribution in [0.25, 0.3) is 11.3 Å². The van der Waals surface area contributed by atoms with Crippen LogP contribution in [0.1, 0.15) is 21.9 Å². The standard InChI is InChI=1S/C17H15N7O/c1-12-7-8-15-19-14(11-23(15)10-12)17(25)18-9-16-20-21-22-24(16)13-5-3-2-4-6-13/h2-8,10-11H,9H2,1H3,(H,18,25). The first-order chi connectivity index (χ1) is 12.2. The fourth-order valence-electron chi connectivity index (χ4n) is 2.55. The van der Waals surface area contributed by atoms with Gasteiger partial charge in [-0.05, 0) is 41.1 Å². The number of rotatable bonds is 4. The van der Waals surface area contributed by atoms with Crippen LogP contribution in [0.4, 0.5) is 0 Å². The maximum absolute atomic E-state index is 12.4. The van der Waals surface area contributed by atoms with Gasteiger partial charge in [0, 0.05) is 12.4 Å². The van der Waals surface area contributed by atoms with Crippen molar-refractivity contribution in [3.05, 3.63) is 71.9 Å². The lowest BCUT2D eigenvalue weighted by Gasteiger charge is -2.05. The van der Waals surface area contributed by atoms with Crippen LogP contribution in [0.3, 0.4) is 0 Å². The monoisotopic (exact) mass is 333 g/mol. The van der Waals surface area contributed by atoms with Gasteiger partial charge in [-0.1, -0.05) is 24.3 Å². The van der Waals surface area contributed by atoms with Crippen LogP contribution in [0.2, 0.25) is 0 Å². The molecular formula is C17H15N7O. The number of benzene rings is 1. The summed E-state index contributed by atoms with van der Waals surface area (Å²) in [6, 6.07) is 13.3. The van der Waals surface area contributed by atoms with Crippen molar-refractivity contribution >= 4 is 11.6 Å². The maximum Gasteiger partial charge on any atom is 0.271 e. The number of carbonyl (C=O) groups excluding carboxylic acids is 1. The van der Waals surface area contributed by atoms with Gasteiger partial charge in [-0.3, -0.25) is 4.79 Å². The SMILES string of the molecule is Cc1ccc2nc(C(=O)NCc3nnnn3-c3ccccc3)cn2c1. The van der Waals surface area contributed by atoms with E-state index in [0.717, 1.165) is 16.9 Å². The number of nitrogens with zero attached hydrogens (tertiary/aromatic N) is 6. The van der Waals surface area contributed by atoms with E-state index in [9.17, 15) is 4.79 Å². The first kappa shape index (κ1) is 15.0. The molecule has 0 saturated heterocycles. The van der Waals surface area contributed by atoms with Gasteiger partial charge >= 0.3 is 0 Å². The predicted octanol–water partition coefficient (Wildman–Crippen LogP) is 1.55. The quantitative estimate of drug-likeness (QED) is 0.612. The number of amides is 1. The Balaban J connectivity index is 1.51.